The maximum absolute atomic E-state index is 12.4. The molecule has 1 N–H and O–H groups in total. The van der Waals surface area contributed by atoms with Gasteiger partial charge >= 0.3 is 0 Å². The Morgan fingerprint density at radius 1 is 1.38 bits per heavy atom. The number of amides is 1. The van der Waals surface area contributed by atoms with Crippen LogP contribution in [0.15, 0.2) is 0 Å². The van der Waals surface area contributed by atoms with Crippen LogP contribution >= 0.6 is 0 Å². The van der Waals surface area contributed by atoms with E-state index in [9.17, 15) is 4.79 Å². The van der Waals surface area contributed by atoms with Crippen molar-refractivity contribution >= 4 is 5.91 Å². The van der Waals surface area contributed by atoms with E-state index in [1.54, 1.807) is 0 Å². The summed E-state index contributed by atoms with van der Waals surface area (Å²) in [5, 5.41) is 3.33. The molecule has 16 heavy (non-hydrogen) atoms. The highest BCUT2D eigenvalue weighted by Gasteiger charge is 2.41. The SMILES string of the molecule is CN(C(=O)C1CCCC1(C)C)C1CCNC1. The van der Waals surface area contributed by atoms with E-state index in [4.69, 9.17) is 0 Å². The molecule has 1 saturated carbocycles. The summed E-state index contributed by atoms with van der Waals surface area (Å²) < 4.78 is 0. The number of nitrogens with one attached hydrogen (secondary N) is 1. The van der Waals surface area contributed by atoms with Gasteiger partial charge in [-0.25, -0.2) is 0 Å². The van der Waals surface area contributed by atoms with Gasteiger partial charge in [0, 0.05) is 25.6 Å². The van der Waals surface area contributed by atoms with E-state index in [-0.39, 0.29) is 11.3 Å². The van der Waals surface area contributed by atoms with Crippen molar-refractivity contribution in [2.45, 2.75) is 45.6 Å². The van der Waals surface area contributed by atoms with Crippen LogP contribution in [0, 0.1) is 11.3 Å². The molecule has 2 aliphatic rings. The first kappa shape index (κ1) is 11.9. The molecule has 0 bridgehead atoms. The van der Waals surface area contributed by atoms with Crippen LogP contribution in [-0.2, 0) is 4.79 Å². The van der Waals surface area contributed by atoms with Crippen LogP contribution in [0.3, 0.4) is 0 Å². The molecule has 1 amide bonds. The first-order valence-corrected chi connectivity index (χ1v) is 6.50. The minimum absolute atomic E-state index is 0.206. The van der Waals surface area contributed by atoms with Crippen molar-refractivity contribution < 1.29 is 4.79 Å². The summed E-state index contributed by atoms with van der Waals surface area (Å²) in [7, 11) is 1.98. The number of nitrogens with zero attached hydrogens (tertiary/aromatic N) is 1. The molecule has 1 aliphatic carbocycles. The molecule has 3 heteroatoms. The van der Waals surface area contributed by atoms with E-state index in [0.29, 0.717) is 11.9 Å². The van der Waals surface area contributed by atoms with Crippen LogP contribution in [0.4, 0.5) is 0 Å². The van der Waals surface area contributed by atoms with Gasteiger partial charge in [-0.05, 0) is 31.2 Å². The predicted octanol–water partition coefficient (Wildman–Crippen LogP) is 1.63. The molecular weight excluding hydrogens is 200 g/mol. The summed E-state index contributed by atoms with van der Waals surface area (Å²) in [5.41, 5.74) is 0.206. The molecule has 92 valence electrons. The van der Waals surface area contributed by atoms with Gasteiger partial charge in [0.15, 0.2) is 0 Å². The average molecular weight is 224 g/mol. The van der Waals surface area contributed by atoms with E-state index >= 15 is 0 Å². The number of hydrogen-bond donors (Lipinski definition) is 1. The van der Waals surface area contributed by atoms with Crippen molar-refractivity contribution in [3.63, 3.8) is 0 Å². The van der Waals surface area contributed by atoms with Crippen molar-refractivity contribution in [2.75, 3.05) is 20.1 Å². The van der Waals surface area contributed by atoms with E-state index in [0.717, 1.165) is 25.9 Å². The van der Waals surface area contributed by atoms with E-state index in [2.05, 4.69) is 19.2 Å². The van der Waals surface area contributed by atoms with Gasteiger partial charge in [-0.1, -0.05) is 20.3 Å². The lowest BCUT2D eigenvalue weighted by molar-refractivity contribution is -0.138. The van der Waals surface area contributed by atoms with Crippen LogP contribution in [-0.4, -0.2) is 37.0 Å². The third-order valence-corrected chi connectivity index (χ3v) is 4.48. The smallest absolute Gasteiger partial charge is 0.226 e. The van der Waals surface area contributed by atoms with E-state index < -0.39 is 0 Å². The molecule has 1 saturated heterocycles. The second-order valence-corrected chi connectivity index (χ2v) is 6.03. The van der Waals surface area contributed by atoms with Gasteiger partial charge in [0.25, 0.3) is 0 Å². The Hall–Kier alpha value is -0.570. The largest absolute Gasteiger partial charge is 0.341 e. The second-order valence-electron chi connectivity index (χ2n) is 6.03. The molecule has 3 nitrogen and oxygen atoms in total. The van der Waals surface area contributed by atoms with E-state index in [1.807, 2.05) is 11.9 Å². The van der Waals surface area contributed by atoms with Gasteiger partial charge in [0.1, 0.15) is 0 Å². The van der Waals surface area contributed by atoms with Gasteiger partial charge in [0.05, 0.1) is 0 Å². The Kier molecular flexibility index (Phi) is 3.24. The lowest BCUT2D eigenvalue weighted by Gasteiger charge is -2.32. The highest BCUT2D eigenvalue weighted by atomic mass is 16.2. The number of carbonyl (C=O) groups is 1. The van der Waals surface area contributed by atoms with Crippen LogP contribution in [0.2, 0.25) is 0 Å². The lowest BCUT2D eigenvalue weighted by Crippen LogP contribution is -2.44. The summed E-state index contributed by atoms with van der Waals surface area (Å²) in [6.45, 7) is 6.50. The molecular formula is C13H24N2O. The standard InChI is InChI=1S/C13H24N2O/c1-13(2)7-4-5-11(13)12(16)15(3)10-6-8-14-9-10/h10-11,14H,4-9H2,1-3H3. The Morgan fingerprint density at radius 2 is 2.12 bits per heavy atom. The van der Waals surface area contributed by atoms with Crippen molar-refractivity contribution in [3.8, 4) is 0 Å². The number of rotatable bonds is 2. The summed E-state index contributed by atoms with van der Waals surface area (Å²) in [4.78, 5) is 14.4. The molecule has 0 aromatic rings. The molecule has 2 fully saturated rings. The minimum Gasteiger partial charge on any atom is -0.341 e. The zero-order valence-corrected chi connectivity index (χ0v) is 10.8. The summed E-state index contributed by atoms with van der Waals surface area (Å²) in [6.07, 6.45) is 4.59. The van der Waals surface area contributed by atoms with Gasteiger partial charge in [-0.3, -0.25) is 4.79 Å². The molecule has 2 unspecified atom stereocenters. The molecule has 0 aromatic carbocycles. The quantitative estimate of drug-likeness (QED) is 0.773. The fourth-order valence-corrected chi connectivity index (χ4v) is 3.18. The number of likely N-dealkylation sites (N-methyl/N-ethyl adjacent to an activating group) is 1. The Bertz CT molecular complexity index is 269. The third kappa shape index (κ3) is 2.10. The van der Waals surface area contributed by atoms with E-state index in [1.165, 1.54) is 12.8 Å². The zero-order valence-electron chi connectivity index (χ0n) is 10.8. The monoisotopic (exact) mass is 224 g/mol. The average Bonchev–Trinajstić information content (AvgIpc) is 2.84. The minimum atomic E-state index is 0.206. The topological polar surface area (TPSA) is 32.3 Å². The molecule has 0 radical (unpaired) electrons. The molecule has 2 atom stereocenters. The number of hydrogen-bond acceptors (Lipinski definition) is 2. The molecule has 1 heterocycles. The normalized spacial score (nSPS) is 32.9. The fraction of sp³-hybridized carbons (Fsp3) is 0.923. The third-order valence-electron chi connectivity index (χ3n) is 4.48. The highest BCUT2D eigenvalue weighted by Crippen LogP contribution is 2.43. The maximum Gasteiger partial charge on any atom is 0.226 e. The summed E-state index contributed by atoms with van der Waals surface area (Å²) in [6, 6.07) is 0.420. The fourth-order valence-electron chi connectivity index (χ4n) is 3.18. The van der Waals surface area contributed by atoms with Crippen molar-refractivity contribution in [3.05, 3.63) is 0 Å². The zero-order chi connectivity index (χ0) is 11.8. The maximum atomic E-state index is 12.4. The lowest BCUT2D eigenvalue weighted by atomic mass is 9.81. The first-order chi connectivity index (χ1) is 7.52. The summed E-state index contributed by atoms with van der Waals surface area (Å²) >= 11 is 0. The van der Waals surface area contributed by atoms with Gasteiger partial charge in [-0.15, -0.1) is 0 Å². The number of carbonyl (C=O) groups excluding carboxylic acids is 1. The molecule has 0 spiro atoms. The first-order valence-electron chi connectivity index (χ1n) is 6.50. The molecule has 1 aliphatic heterocycles. The van der Waals surface area contributed by atoms with Gasteiger partial charge in [-0.2, -0.15) is 0 Å². The van der Waals surface area contributed by atoms with Crippen LogP contribution in [0.1, 0.15) is 39.5 Å². The van der Waals surface area contributed by atoms with Gasteiger partial charge < -0.3 is 10.2 Å². The Morgan fingerprint density at radius 3 is 2.62 bits per heavy atom. The predicted molar refractivity (Wildman–Crippen MR) is 65.2 cm³/mol. The van der Waals surface area contributed by atoms with Crippen LogP contribution < -0.4 is 5.32 Å². The van der Waals surface area contributed by atoms with Crippen LogP contribution in [0.25, 0.3) is 0 Å². The molecule has 2 rings (SSSR count). The Labute approximate surface area is 98.6 Å². The van der Waals surface area contributed by atoms with Gasteiger partial charge in [0.2, 0.25) is 5.91 Å². The summed E-state index contributed by atoms with van der Waals surface area (Å²) in [5.74, 6) is 0.620. The van der Waals surface area contributed by atoms with Crippen molar-refractivity contribution in [1.82, 2.24) is 10.2 Å². The second kappa shape index (κ2) is 4.36. The van der Waals surface area contributed by atoms with Crippen molar-refractivity contribution in [1.29, 1.82) is 0 Å². The van der Waals surface area contributed by atoms with Crippen molar-refractivity contribution in [2.24, 2.45) is 11.3 Å². The molecule has 0 aromatic heterocycles. The van der Waals surface area contributed by atoms with Crippen LogP contribution in [0.5, 0.6) is 0 Å². The highest BCUT2D eigenvalue weighted by molar-refractivity contribution is 5.80. The Balaban J connectivity index is 2.01.